The molecule has 0 aliphatic rings. The molecule has 0 saturated carbocycles. The van der Waals surface area contributed by atoms with Gasteiger partial charge in [0.1, 0.15) is 12.7 Å². The molecular formula is C10H10ClF3O2. The van der Waals surface area contributed by atoms with E-state index in [1.54, 1.807) is 12.1 Å². The summed E-state index contributed by atoms with van der Waals surface area (Å²) in [6.07, 6.45) is -5.46. The minimum absolute atomic E-state index is 0.402. The van der Waals surface area contributed by atoms with Gasteiger partial charge in [0.05, 0.1) is 6.61 Å². The maximum Gasteiger partial charge on any atom is 0.411 e. The zero-order valence-corrected chi connectivity index (χ0v) is 8.92. The summed E-state index contributed by atoms with van der Waals surface area (Å²) in [7, 11) is 0. The van der Waals surface area contributed by atoms with E-state index in [0.29, 0.717) is 10.6 Å². The molecule has 0 spiro atoms. The maximum atomic E-state index is 11.7. The average Bonchev–Trinajstić information content (AvgIpc) is 2.16. The van der Waals surface area contributed by atoms with Crippen LogP contribution >= 0.6 is 11.6 Å². The highest BCUT2D eigenvalue weighted by Crippen LogP contribution is 2.19. The third-order valence-electron chi connectivity index (χ3n) is 1.80. The van der Waals surface area contributed by atoms with Crippen LogP contribution < -0.4 is 0 Å². The van der Waals surface area contributed by atoms with Gasteiger partial charge in [-0.2, -0.15) is 13.2 Å². The summed E-state index contributed by atoms with van der Waals surface area (Å²) in [5.41, 5.74) is 0.464. The topological polar surface area (TPSA) is 29.5 Å². The molecule has 0 aliphatic carbocycles. The first-order valence-corrected chi connectivity index (χ1v) is 4.84. The van der Waals surface area contributed by atoms with Crippen molar-refractivity contribution in [2.75, 3.05) is 13.2 Å². The van der Waals surface area contributed by atoms with Crippen molar-refractivity contribution < 1.29 is 23.0 Å². The summed E-state index contributed by atoms with van der Waals surface area (Å²) in [5, 5.41) is 9.97. The average molecular weight is 255 g/mol. The van der Waals surface area contributed by atoms with Crippen LogP contribution in [0.15, 0.2) is 24.3 Å². The van der Waals surface area contributed by atoms with E-state index in [0.717, 1.165) is 0 Å². The van der Waals surface area contributed by atoms with Gasteiger partial charge < -0.3 is 9.84 Å². The Hall–Kier alpha value is -0.780. The predicted octanol–water partition coefficient (Wildman–Crippen LogP) is 2.95. The molecule has 2 nitrogen and oxygen atoms in total. The van der Waals surface area contributed by atoms with E-state index in [2.05, 4.69) is 4.74 Å². The van der Waals surface area contributed by atoms with Crippen molar-refractivity contribution in [3.05, 3.63) is 34.9 Å². The quantitative estimate of drug-likeness (QED) is 0.895. The van der Waals surface area contributed by atoms with Crippen LogP contribution in [-0.4, -0.2) is 24.5 Å². The number of aliphatic hydroxyl groups excluding tert-OH is 1. The number of benzene rings is 1. The monoisotopic (exact) mass is 254 g/mol. The van der Waals surface area contributed by atoms with Gasteiger partial charge in [-0.1, -0.05) is 23.7 Å². The first-order chi connectivity index (χ1) is 7.38. The molecule has 90 valence electrons. The van der Waals surface area contributed by atoms with E-state index in [1.165, 1.54) is 12.1 Å². The Bertz CT molecular complexity index is 324. The fraction of sp³-hybridized carbons (Fsp3) is 0.400. The van der Waals surface area contributed by atoms with Gasteiger partial charge in [0.2, 0.25) is 0 Å². The highest BCUT2D eigenvalue weighted by Gasteiger charge is 2.27. The molecular weight excluding hydrogens is 245 g/mol. The minimum Gasteiger partial charge on any atom is -0.386 e. The van der Waals surface area contributed by atoms with Gasteiger partial charge in [0.15, 0.2) is 0 Å². The smallest absolute Gasteiger partial charge is 0.386 e. The Morgan fingerprint density at radius 2 is 1.81 bits per heavy atom. The molecule has 0 amide bonds. The lowest BCUT2D eigenvalue weighted by atomic mass is 10.1. The number of halogens is 4. The second kappa shape index (κ2) is 5.52. The second-order valence-corrected chi connectivity index (χ2v) is 3.63. The van der Waals surface area contributed by atoms with Crippen molar-refractivity contribution in [2.24, 2.45) is 0 Å². The summed E-state index contributed by atoms with van der Waals surface area (Å²) >= 11 is 5.62. The van der Waals surface area contributed by atoms with Gasteiger partial charge in [0.25, 0.3) is 0 Å². The third kappa shape index (κ3) is 4.83. The standard InChI is InChI=1S/C10H10ClF3O2/c11-8-3-1-7(2-4-8)9(15)5-16-6-10(12,13)14/h1-4,9,15H,5-6H2. The molecule has 1 aromatic carbocycles. The zero-order chi connectivity index (χ0) is 12.2. The third-order valence-corrected chi connectivity index (χ3v) is 2.05. The summed E-state index contributed by atoms with van der Waals surface area (Å²) in [4.78, 5) is 0. The van der Waals surface area contributed by atoms with Crippen LogP contribution in [0.3, 0.4) is 0 Å². The summed E-state index contributed by atoms with van der Waals surface area (Å²) in [5.74, 6) is 0. The van der Waals surface area contributed by atoms with Crippen LogP contribution in [0.1, 0.15) is 11.7 Å². The molecule has 0 heterocycles. The van der Waals surface area contributed by atoms with Gasteiger partial charge >= 0.3 is 6.18 Å². The number of ether oxygens (including phenoxy) is 1. The van der Waals surface area contributed by atoms with Crippen LogP contribution in [0.2, 0.25) is 5.02 Å². The van der Waals surface area contributed by atoms with Crippen molar-refractivity contribution in [1.29, 1.82) is 0 Å². The summed E-state index contributed by atoms with van der Waals surface area (Å²) < 4.78 is 39.5. The second-order valence-electron chi connectivity index (χ2n) is 3.20. The number of hydrogen-bond acceptors (Lipinski definition) is 2. The van der Waals surface area contributed by atoms with E-state index in [1.807, 2.05) is 0 Å². The van der Waals surface area contributed by atoms with Gasteiger partial charge in [-0.25, -0.2) is 0 Å². The molecule has 0 saturated heterocycles. The predicted molar refractivity (Wildman–Crippen MR) is 53.3 cm³/mol. The van der Waals surface area contributed by atoms with E-state index in [4.69, 9.17) is 11.6 Å². The molecule has 0 aliphatic heterocycles. The zero-order valence-electron chi connectivity index (χ0n) is 8.17. The van der Waals surface area contributed by atoms with Crippen molar-refractivity contribution >= 4 is 11.6 Å². The van der Waals surface area contributed by atoms with E-state index >= 15 is 0 Å². The highest BCUT2D eigenvalue weighted by molar-refractivity contribution is 6.30. The van der Waals surface area contributed by atoms with E-state index < -0.39 is 25.5 Å². The first kappa shape index (κ1) is 13.3. The van der Waals surface area contributed by atoms with Crippen LogP contribution in [0.25, 0.3) is 0 Å². The Labute approximate surface area is 95.6 Å². The highest BCUT2D eigenvalue weighted by atomic mass is 35.5. The molecule has 6 heteroatoms. The molecule has 16 heavy (non-hydrogen) atoms. The van der Waals surface area contributed by atoms with Gasteiger partial charge in [0, 0.05) is 5.02 Å². The van der Waals surface area contributed by atoms with E-state index in [-0.39, 0.29) is 0 Å². The Balaban J connectivity index is 2.41. The van der Waals surface area contributed by atoms with Crippen LogP contribution in [0.4, 0.5) is 13.2 Å². The van der Waals surface area contributed by atoms with Gasteiger partial charge in [-0.05, 0) is 17.7 Å². The van der Waals surface area contributed by atoms with Crippen molar-refractivity contribution in [3.8, 4) is 0 Å². The first-order valence-electron chi connectivity index (χ1n) is 4.46. The summed E-state index contributed by atoms with van der Waals surface area (Å²) in [6.45, 7) is -1.77. The molecule has 1 aromatic rings. The van der Waals surface area contributed by atoms with Crippen LogP contribution in [-0.2, 0) is 4.74 Å². The van der Waals surface area contributed by atoms with Crippen molar-refractivity contribution in [3.63, 3.8) is 0 Å². The van der Waals surface area contributed by atoms with Gasteiger partial charge in [-0.3, -0.25) is 0 Å². The van der Waals surface area contributed by atoms with E-state index in [9.17, 15) is 18.3 Å². The van der Waals surface area contributed by atoms with Crippen molar-refractivity contribution in [1.82, 2.24) is 0 Å². The molecule has 1 atom stereocenters. The molecule has 0 aromatic heterocycles. The molecule has 1 N–H and O–H groups in total. The molecule has 0 bridgehead atoms. The molecule has 0 fully saturated rings. The molecule has 0 radical (unpaired) electrons. The SMILES string of the molecule is OC(COCC(F)(F)F)c1ccc(Cl)cc1. The van der Waals surface area contributed by atoms with Crippen molar-refractivity contribution in [2.45, 2.75) is 12.3 Å². The molecule has 1 rings (SSSR count). The lowest BCUT2D eigenvalue weighted by Gasteiger charge is -2.12. The van der Waals surface area contributed by atoms with Gasteiger partial charge in [-0.15, -0.1) is 0 Å². The van der Waals surface area contributed by atoms with Crippen LogP contribution in [0, 0.1) is 0 Å². The van der Waals surface area contributed by atoms with Crippen LogP contribution in [0.5, 0.6) is 0 Å². The Kier molecular flexibility index (Phi) is 4.58. The number of rotatable bonds is 4. The lowest BCUT2D eigenvalue weighted by molar-refractivity contribution is -0.179. The number of alkyl halides is 3. The lowest BCUT2D eigenvalue weighted by Crippen LogP contribution is -2.19. The largest absolute Gasteiger partial charge is 0.411 e. The Morgan fingerprint density at radius 3 is 2.31 bits per heavy atom. The Morgan fingerprint density at radius 1 is 1.25 bits per heavy atom. The summed E-state index contributed by atoms with van der Waals surface area (Å²) in [6, 6.07) is 6.15. The maximum absolute atomic E-state index is 11.7. The fourth-order valence-corrected chi connectivity index (χ4v) is 1.19. The molecule has 1 unspecified atom stereocenters. The normalized spacial score (nSPS) is 13.8. The number of hydrogen-bond donors (Lipinski definition) is 1. The minimum atomic E-state index is -4.38. The number of aliphatic hydroxyl groups is 1. The fourth-order valence-electron chi connectivity index (χ4n) is 1.07.